The van der Waals surface area contributed by atoms with Gasteiger partial charge in [0.1, 0.15) is 6.54 Å². The summed E-state index contributed by atoms with van der Waals surface area (Å²) in [5, 5.41) is 0. The molecule has 1 amide bonds. The first-order valence-corrected chi connectivity index (χ1v) is 10.4. The summed E-state index contributed by atoms with van der Waals surface area (Å²) in [4.78, 5) is 44.3. The van der Waals surface area contributed by atoms with Gasteiger partial charge in [0.15, 0.2) is 11.2 Å². The third-order valence-corrected chi connectivity index (χ3v) is 6.09. The zero-order valence-electron chi connectivity index (χ0n) is 17.5. The van der Waals surface area contributed by atoms with Crippen LogP contribution in [0.1, 0.15) is 31.2 Å². The fourth-order valence-corrected chi connectivity index (χ4v) is 4.37. The van der Waals surface area contributed by atoms with Crippen LogP contribution in [-0.4, -0.2) is 42.1 Å². The molecule has 2 heterocycles. The lowest BCUT2D eigenvalue weighted by Gasteiger charge is -2.29. The minimum absolute atomic E-state index is 0.0203. The van der Waals surface area contributed by atoms with E-state index in [0.29, 0.717) is 12.2 Å². The highest BCUT2D eigenvalue weighted by molar-refractivity contribution is 5.79. The molecule has 1 aromatic carbocycles. The predicted octanol–water partition coefficient (Wildman–Crippen LogP) is 1.45. The van der Waals surface area contributed by atoms with Gasteiger partial charge in [0.05, 0.1) is 6.33 Å². The normalized spacial score (nSPS) is 14.5. The molecule has 0 bridgehead atoms. The lowest BCUT2D eigenvalue weighted by Crippen LogP contribution is -2.42. The lowest BCUT2D eigenvalue weighted by atomic mass is 10.1. The molecular weight excluding hydrogens is 382 g/mol. The van der Waals surface area contributed by atoms with Gasteiger partial charge in [-0.1, -0.05) is 43.2 Å². The van der Waals surface area contributed by atoms with Gasteiger partial charge >= 0.3 is 5.69 Å². The molecule has 0 radical (unpaired) electrons. The Kier molecular flexibility index (Phi) is 5.57. The maximum Gasteiger partial charge on any atom is 0.332 e. The van der Waals surface area contributed by atoms with Gasteiger partial charge in [0.25, 0.3) is 5.56 Å². The third-order valence-electron chi connectivity index (χ3n) is 6.09. The topological polar surface area (TPSA) is 82.1 Å². The van der Waals surface area contributed by atoms with Crippen molar-refractivity contribution in [3.63, 3.8) is 0 Å². The number of imidazole rings is 1. The monoisotopic (exact) mass is 409 g/mol. The van der Waals surface area contributed by atoms with E-state index < -0.39 is 11.2 Å². The minimum atomic E-state index is -0.435. The quantitative estimate of drug-likeness (QED) is 0.617. The van der Waals surface area contributed by atoms with Crippen LogP contribution in [0, 0.1) is 0 Å². The molecule has 8 heteroatoms. The Labute approximate surface area is 174 Å². The van der Waals surface area contributed by atoms with Gasteiger partial charge < -0.3 is 9.47 Å². The molecule has 2 aromatic heterocycles. The van der Waals surface area contributed by atoms with Crippen molar-refractivity contribution in [1.82, 2.24) is 23.6 Å². The van der Waals surface area contributed by atoms with Crippen molar-refractivity contribution in [2.75, 3.05) is 6.54 Å². The van der Waals surface area contributed by atoms with E-state index in [-0.39, 0.29) is 24.0 Å². The number of aryl methyl sites for hydroxylation is 1. The number of hydrogen-bond acceptors (Lipinski definition) is 4. The van der Waals surface area contributed by atoms with Crippen molar-refractivity contribution in [3.8, 4) is 0 Å². The van der Waals surface area contributed by atoms with E-state index in [1.807, 2.05) is 23.1 Å². The number of hydrogen-bond donors (Lipinski definition) is 0. The summed E-state index contributed by atoms with van der Waals surface area (Å²) in [6.07, 6.45) is 6.58. The molecule has 30 heavy (non-hydrogen) atoms. The second kappa shape index (κ2) is 8.30. The van der Waals surface area contributed by atoms with Crippen LogP contribution >= 0.6 is 0 Å². The molecule has 4 rings (SSSR count). The fraction of sp³-hybridized carbons (Fsp3) is 0.455. The standard InChI is InChI=1S/C22H27N5O3/c1-24-20-19(21(29)25(2)22(24)30)26(15-23-20)14-18(28)27(17-10-6-7-11-17)13-12-16-8-4-3-5-9-16/h3-5,8-9,15,17H,6-7,10-14H2,1-2H3. The van der Waals surface area contributed by atoms with E-state index in [4.69, 9.17) is 0 Å². The minimum Gasteiger partial charge on any atom is -0.338 e. The second-order valence-corrected chi connectivity index (χ2v) is 8.01. The van der Waals surface area contributed by atoms with Crippen LogP contribution in [0.15, 0.2) is 46.2 Å². The molecule has 0 spiro atoms. The number of aromatic nitrogens is 4. The van der Waals surface area contributed by atoms with Gasteiger partial charge in [-0.25, -0.2) is 9.78 Å². The maximum atomic E-state index is 13.3. The first kappa shape index (κ1) is 20.1. The van der Waals surface area contributed by atoms with Crippen LogP contribution in [0.4, 0.5) is 0 Å². The van der Waals surface area contributed by atoms with Gasteiger partial charge in [-0.2, -0.15) is 0 Å². The molecule has 0 aliphatic heterocycles. The fourth-order valence-electron chi connectivity index (χ4n) is 4.37. The number of carbonyl (C=O) groups excluding carboxylic acids is 1. The van der Waals surface area contributed by atoms with Crippen molar-refractivity contribution in [3.05, 3.63) is 63.1 Å². The lowest BCUT2D eigenvalue weighted by molar-refractivity contribution is -0.134. The Morgan fingerprint density at radius 3 is 2.50 bits per heavy atom. The predicted molar refractivity (Wildman–Crippen MR) is 114 cm³/mol. The van der Waals surface area contributed by atoms with Crippen LogP contribution < -0.4 is 11.2 Å². The number of fused-ring (bicyclic) bond motifs is 1. The molecule has 0 saturated heterocycles. The molecule has 1 fully saturated rings. The summed E-state index contributed by atoms with van der Waals surface area (Å²) in [7, 11) is 3.02. The highest BCUT2D eigenvalue weighted by Gasteiger charge is 2.27. The van der Waals surface area contributed by atoms with Crippen LogP contribution in [0.25, 0.3) is 11.2 Å². The number of nitrogens with zero attached hydrogens (tertiary/aromatic N) is 5. The van der Waals surface area contributed by atoms with Crippen LogP contribution in [0.2, 0.25) is 0 Å². The summed E-state index contributed by atoms with van der Waals surface area (Å²) in [5.74, 6) is -0.0203. The van der Waals surface area contributed by atoms with Gasteiger partial charge in [-0.15, -0.1) is 0 Å². The second-order valence-electron chi connectivity index (χ2n) is 8.01. The van der Waals surface area contributed by atoms with Gasteiger partial charge in [0.2, 0.25) is 5.91 Å². The Bertz CT molecular complexity index is 1170. The van der Waals surface area contributed by atoms with E-state index in [9.17, 15) is 14.4 Å². The Morgan fingerprint density at radius 2 is 1.80 bits per heavy atom. The van der Waals surface area contributed by atoms with E-state index in [1.54, 1.807) is 11.6 Å². The molecule has 0 unspecified atom stereocenters. The Balaban J connectivity index is 1.61. The van der Waals surface area contributed by atoms with E-state index in [1.165, 1.54) is 23.5 Å². The summed E-state index contributed by atoms with van der Waals surface area (Å²) < 4.78 is 3.96. The molecule has 158 valence electrons. The first-order chi connectivity index (χ1) is 14.5. The van der Waals surface area contributed by atoms with E-state index >= 15 is 0 Å². The molecule has 0 atom stereocenters. The highest BCUT2D eigenvalue weighted by Crippen LogP contribution is 2.24. The van der Waals surface area contributed by atoms with E-state index in [2.05, 4.69) is 17.1 Å². The summed E-state index contributed by atoms with van der Waals surface area (Å²) in [5.41, 5.74) is 0.912. The van der Waals surface area contributed by atoms with Crippen molar-refractivity contribution in [2.45, 2.75) is 44.7 Å². The average molecular weight is 409 g/mol. The van der Waals surface area contributed by atoms with Crippen LogP contribution in [0.3, 0.4) is 0 Å². The van der Waals surface area contributed by atoms with Gasteiger partial charge in [-0.3, -0.25) is 18.7 Å². The smallest absolute Gasteiger partial charge is 0.332 e. The van der Waals surface area contributed by atoms with Crippen LogP contribution in [-0.2, 0) is 31.9 Å². The summed E-state index contributed by atoms with van der Waals surface area (Å²) in [6, 6.07) is 10.4. The highest BCUT2D eigenvalue weighted by atomic mass is 16.2. The van der Waals surface area contributed by atoms with Crippen LogP contribution in [0.5, 0.6) is 0 Å². The number of rotatable bonds is 6. The SMILES string of the molecule is Cn1c(=O)c2c(ncn2CC(=O)N(CCc2ccccc2)C2CCCC2)n(C)c1=O. The molecule has 1 aliphatic carbocycles. The molecule has 8 nitrogen and oxygen atoms in total. The first-order valence-electron chi connectivity index (χ1n) is 10.4. The van der Waals surface area contributed by atoms with Crippen molar-refractivity contribution >= 4 is 17.1 Å². The molecule has 1 saturated carbocycles. The van der Waals surface area contributed by atoms with Gasteiger partial charge in [0, 0.05) is 26.7 Å². The van der Waals surface area contributed by atoms with Crippen molar-refractivity contribution in [2.24, 2.45) is 14.1 Å². The largest absolute Gasteiger partial charge is 0.338 e. The van der Waals surface area contributed by atoms with Crippen molar-refractivity contribution < 1.29 is 4.79 Å². The Morgan fingerprint density at radius 1 is 1.10 bits per heavy atom. The summed E-state index contributed by atoms with van der Waals surface area (Å²) >= 11 is 0. The van der Waals surface area contributed by atoms with E-state index in [0.717, 1.165) is 36.7 Å². The zero-order chi connectivity index (χ0) is 21.3. The molecule has 1 aliphatic rings. The molecule has 0 N–H and O–H groups in total. The zero-order valence-corrected chi connectivity index (χ0v) is 17.5. The Hall–Kier alpha value is -3.16. The number of amides is 1. The van der Waals surface area contributed by atoms with Crippen molar-refractivity contribution in [1.29, 1.82) is 0 Å². The molecule has 3 aromatic rings. The maximum absolute atomic E-state index is 13.3. The molecular formula is C22H27N5O3. The number of benzene rings is 1. The van der Waals surface area contributed by atoms with Gasteiger partial charge in [-0.05, 0) is 24.8 Å². The average Bonchev–Trinajstić information content (AvgIpc) is 3.42. The number of carbonyl (C=O) groups is 1. The summed E-state index contributed by atoms with van der Waals surface area (Å²) in [6.45, 7) is 0.686. The third kappa shape index (κ3) is 3.69.